The Kier molecular flexibility index (Phi) is 6.25. The van der Waals surface area contributed by atoms with Gasteiger partial charge in [0.05, 0.1) is 26.9 Å². The second kappa shape index (κ2) is 8.20. The molecule has 0 saturated heterocycles. The molecule has 0 aliphatic rings. The van der Waals surface area contributed by atoms with Crippen molar-refractivity contribution in [3.8, 4) is 17.2 Å². The minimum absolute atomic E-state index is 0.00476. The molecular weight excluding hydrogens is 393 g/mol. The zero-order valence-corrected chi connectivity index (χ0v) is 16.0. The molecule has 5 nitrogen and oxygen atoms in total. The van der Waals surface area contributed by atoms with Crippen LogP contribution in [0.2, 0.25) is 0 Å². The molecule has 2 rings (SSSR count). The summed E-state index contributed by atoms with van der Waals surface area (Å²) in [6.07, 6.45) is 0. The van der Waals surface area contributed by atoms with E-state index in [2.05, 4.69) is 15.9 Å². The molecule has 7 heteroatoms. The first-order valence-corrected chi connectivity index (χ1v) is 8.20. The number of hydrogen-bond acceptors (Lipinski definition) is 4. The molecule has 0 radical (unpaired) electrons. The van der Waals surface area contributed by atoms with Crippen molar-refractivity contribution in [1.82, 2.24) is 4.90 Å². The van der Waals surface area contributed by atoms with Crippen LogP contribution in [-0.2, 0) is 6.54 Å². The topological polar surface area (TPSA) is 48.0 Å². The first kappa shape index (κ1) is 19.1. The number of amides is 1. The fourth-order valence-electron chi connectivity index (χ4n) is 2.48. The lowest BCUT2D eigenvalue weighted by atomic mass is 10.1. The average Bonchev–Trinajstić information content (AvgIpc) is 2.60. The van der Waals surface area contributed by atoms with Gasteiger partial charge in [-0.3, -0.25) is 4.79 Å². The predicted molar refractivity (Wildman–Crippen MR) is 96.0 cm³/mol. The molecule has 2 aromatic rings. The van der Waals surface area contributed by atoms with Gasteiger partial charge in [0.2, 0.25) is 5.75 Å². The Bertz CT molecular complexity index is 782. The maximum absolute atomic E-state index is 14.0. The van der Waals surface area contributed by atoms with Gasteiger partial charge in [0.1, 0.15) is 5.82 Å². The Morgan fingerprint density at radius 3 is 2.32 bits per heavy atom. The standard InChI is InChI=1S/C18H19BrFNO4/c1-21(18(22)13-7-6-12(19)9-14(13)20)10-11-5-8-15(23-2)17(25-4)16(11)24-3/h5-9H,10H2,1-4H3. The Hall–Kier alpha value is -2.28. The number of carbonyl (C=O) groups is 1. The Balaban J connectivity index is 2.31. The third kappa shape index (κ3) is 4.04. The van der Waals surface area contributed by atoms with Gasteiger partial charge in [-0.25, -0.2) is 4.39 Å². The molecule has 0 unspecified atom stereocenters. The molecule has 1 amide bonds. The summed E-state index contributed by atoms with van der Waals surface area (Å²) < 4.78 is 30.6. The summed E-state index contributed by atoms with van der Waals surface area (Å²) in [4.78, 5) is 13.9. The van der Waals surface area contributed by atoms with Gasteiger partial charge in [0, 0.05) is 23.6 Å². The SMILES string of the molecule is COc1ccc(CN(C)C(=O)c2ccc(Br)cc2F)c(OC)c1OC. The van der Waals surface area contributed by atoms with Crippen molar-refractivity contribution in [2.24, 2.45) is 0 Å². The van der Waals surface area contributed by atoms with E-state index in [-0.39, 0.29) is 12.1 Å². The third-order valence-electron chi connectivity index (χ3n) is 3.70. The van der Waals surface area contributed by atoms with E-state index in [1.807, 2.05) is 0 Å². The lowest BCUT2D eigenvalue weighted by Gasteiger charge is -2.21. The van der Waals surface area contributed by atoms with Crippen molar-refractivity contribution in [1.29, 1.82) is 0 Å². The van der Waals surface area contributed by atoms with Crippen LogP contribution in [0, 0.1) is 5.82 Å². The highest BCUT2D eigenvalue weighted by Crippen LogP contribution is 2.40. The largest absolute Gasteiger partial charge is 0.493 e. The third-order valence-corrected chi connectivity index (χ3v) is 4.19. The summed E-state index contributed by atoms with van der Waals surface area (Å²) in [6, 6.07) is 7.85. The first-order valence-electron chi connectivity index (χ1n) is 7.41. The molecule has 0 saturated carbocycles. The van der Waals surface area contributed by atoms with Crippen molar-refractivity contribution < 1.29 is 23.4 Å². The van der Waals surface area contributed by atoms with Crippen LogP contribution in [0.25, 0.3) is 0 Å². The Morgan fingerprint density at radius 2 is 1.76 bits per heavy atom. The molecule has 0 heterocycles. The highest BCUT2D eigenvalue weighted by Gasteiger charge is 2.21. The minimum Gasteiger partial charge on any atom is -0.493 e. The van der Waals surface area contributed by atoms with Crippen LogP contribution in [-0.4, -0.2) is 39.2 Å². The van der Waals surface area contributed by atoms with Crippen LogP contribution >= 0.6 is 15.9 Å². The van der Waals surface area contributed by atoms with Crippen molar-refractivity contribution >= 4 is 21.8 Å². The maximum Gasteiger partial charge on any atom is 0.256 e. The van der Waals surface area contributed by atoms with Crippen molar-refractivity contribution in [2.45, 2.75) is 6.54 Å². The van der Waals surface area contributed by atoms with Crippen LogP contribution in [0.15, 0.2) is 34.8 Å². The molecule has 0 atom stereocenters. The molecule has 0 aliphatic carbocycles. The van der Waals surface area contributed by atoms with E-state index in [0.717, 1.165) is 0 Å². The molecule has 25 heavy (non-hydrogen) atoms. The van der Waals surface area contributed by atoms with Gasteiger partial charge in [-0.15, -0.1) is 0 Å². The molecule has 0 N–H and O–H groups in total. The quantitative estimate of drug-likeness (QED) is 0.723. The Morgan fingerprint density at radius 1 is 1.08 bits per heavy atom. The van der Waals surface area contributed by atoms with Crippen LogP contribution < -0.4 is 14.2 Å². The van der Waals surface area contributed by atoms with Gasteiger partial charge in [-0.2, -0.15) is 0 Å². The zero-order chi connectivity index (χ0) is 18.6. The number of hydrogen-bond donors (Lipinski definition) is 0. The summed E-state index contributed by atoms with van der Waals surface area (Å²) in [5, 5.41) is 0. The Labute approximate surface area is 154 Å². The fourth-order valence-corrected chi connectivity index (χ4v) is 2.82. The first-order chi connectivity index (χ1) is 11.9. The molecule has 0 bridgehead atoms. The van der Waals surface area contributed by atoms with Gasteiger partial charge < -0.3 is 19.1 Å². The van der Waals surface area contributed by atoms with Crippen molar-refractivity contribution in [3.05, 3.63) is 51.7 Å². The van der Waals surface area contributed by atoms with Gasteiger partial charge in [0.25, 0.3) is 5.91 Å². The minimum atomic E-state index is -0.578. The van der Waals surface area contributed by atoms with Gasteiger partial charge in [0.15, 0.2) is 11.5 Å². The summed E-state index contributed by atoms with van der Waals surface area (Å²) in [7, 11) is 6.15. The van der Waals surface area contributed by atoms with Crippen LogP contribution in [0.4, 0.5) is 4.39 Å². The van der Waals surface area contributed by atoms with E-state index in [1.165, 1.54) is 38.4 Å². The monoisotopic (exact) mass is 411 g/mol. The molecule has 134 valence electrons. The number of halogens is 2. The molecule has 0 spiro atoms. The smallest absolute Gasteiger partial charge is 0.256 e. The number of nitrogens with zero attached hydrogens (tertiary/aromatic N) is 1. The van der Waals surface area contributed by atoms with Crippen molar-refractivity contribution in [3.63, 3.8) is 0 Å². The number of rotatable bonds is 6. The summed E-state index contributed by atoms with van der Waals surface area (Å²) in [5.74, 6) is 0.430. The molecular formula is C18H19BrFNO4. The van der Waals surface area contributed by atoms with E-state index in [0.29, 0.717) is 27.3 Å². The van der Waals surface area contributed by atoms with Crippen molar-refractivity contribution in [2.75, 3.05) is 28.4 Å². The molecule has 0 aliphatic heterocycles. The van der Waals surface area contributed by atoms with Crippen LogP contribution in [0.5, 0.6) is 17.2 Å². The number of ether oxygens (including phenoxy) is 3. The zero-order valence-electron chi connectivity index (χ0n) is 14.4. The van der Waals surface area contributed by atoms with Gasteiger partial charge in [-0.1, -0.05) is 15.9 Å². The second-order valence-corrected chi connectivity index (χ2v) is 6.19. The van der Waals surface area contributed by atoms with Gasteiger partial charge >= 0.3 is 0 Å². The summed E-state index contributed by atoms with van der Waals surface area (Å²) >= 11 is 3.18. The predicted octanol–water partition coefficient (Wildman–Crippen LogP) is 3.89. The molecule has 0 aromatic heterocycles. The number of methoxy groups -OCH3 is 3. The highest BCUT2D eigenvalue weighted by molar-refractivity contribution is 9.10. The normalized spacial score (nSPS) is 10.3. The summed E-state index contributed by atoms with van der Waals surface area (Å²) in [5.41, 5.74) is 0.721. The number of carbonyl (C=O) groups excluding carboxylic acids is 1. The van der Waals surface area contributed by atoms with E-state index >= 15 is 0 Å². The van der Waals surface area contributed by atoms with E-state index in [4.69, 9.17) is 14.2 Å². The average molecular weight is 412 g/mol. The molecule has 0 fully saturated rings. The van der Waals surface area contributed by atoms with E-state index in [1.54, 1.807) is 25.2 Å². The van der Waals surface area contributed by atoms with E-state index < -0.39 is 11.7 Å². The summed E-state index contributed by atoms with van der Waals surface area (Å²) in [6.45, 7) is 0.220. The lowest BCUT2D eigenvalue weighted by Crippen LogP contribution is -2.27. The lowest BCUT2D eigenvalue weighted by molar-refractivity contribution is 0.0779. The maximum atomic E-state index is 14.0. The highest BCUT2D eigenvalue weighted by atomic mass is 79.9. The second-order valence-electron chi connectivity index (χ2n) is 5.28. The molecule has 2 aromatic carbocycles. The number of benzene rings is 2. The van der Waals surface area contributed by atoms with Gasteiger partial charge in [-0.05, 0) is 30.3 Å². The van der Waals surface area contributed by atoms with Crippen LogP contribution in [0.3, 0.4) is 0 Å². The fraction of sp³-hybridized carbons (Fsp3) is 0.278. The van der Waals surface area contributed by atoms with E-state index in [9.17, 15) is 9.18 Å². The van der Waals surface area contributed by atoms with Crippen LogP contribution in [0.1, 0.15) is 15.9 Å².